The van der Waals surface area contributed by atoms with Crippen molar-refractivity contribution in [2.45, 2.75) is 19.8 Å². The maximum Gasteiger partial charge on any atom is 0.238 e. The van der Waals surface area contributed by atoms with E-state index in [9.17, 15) is 4.79 Å². The van der Waals surface area contributed by atoms with Gasteiger partial charge in [0.2, 0.25) is 5.91 Å². The Labute approximate surface area is 147 Å². The number of carbonyl (C=O) groups is 1. The minimum absolute atomic E-state index is 0.00300. The molecule has 2 heterocycles. The molecule has 0 spiro atoms. The van der Waals surface area contributed by atoms with Crippen LogP contribution in [0.4, 0.5) is 5.69 Å². The summed E-state index contributed by atoms with van der Waals surface area (Å²) in [6.07, 6.45) is 6.61. The maximum absolute atomic E-state index is 11.9. The van der Waals surface area contributed by atoms with Crippen LogP contribution in [-0.4, -0.2) is 28.4 Å². The number of nitrogens with one attached hydrogen (secondary N) is 2. The van der Waals surface area contributed by atoms with Crippen molar-refractivity contribution in [3.05, 3.63) is 54.4 Å². The number of anilines is 1. The number of rotatable bonds is 6. The van der Waals surface area contributed by atoms with E-state index in [1.54, 1.807) is 0 Å². The summed E-state index contributed by atoms with van der Waals surface area (Å²) in [5.74, 6) is 0.776. The number of hydrogen-bond donors (Lipinski definition) is 2. The molecule has 25 heavy (non-hydrogen) atoms. The molecular formula is C20H22N4O. The molecule has 128 valence electrons. The molecule has 0 atom stereocenters. The van der Waals surface area contributed by atoms with Gasteiger partial charge in [-0.3, -0.25) is 4.79 Å². The van der Waals surface area contributed by atoms with Crippen LogP contribution < -0.4 is 10.6 Å². The van der Waals surface area contributed by atoms with E-state index in [0.29, 0.717) is 6.54 Å². The van der Waals surface area contributed by atoms with Crippen LogP contribution in [0.3, 0.4) is 0 Å². The quantitative estimate of drug-likeness (QED) is 0.727. The van der Waals surface area contributed by atoms with Crippen LogP contribution in [0.15, 0.2) is 48.8 Å². The maximum atomic E-state index is 11.9. The molecule has 5 heteroatoms. The van der Waals surface area contributed by atoms with Crippen LogP contribution in [0.2, 0.25) is 0 Å². The third-order valence-electron chi connectivity index (χ3n) is 4.56. The largest absolute Gasteiger partial charge is 0.325 e. The van der Waals surface area contributed by atoms with E-state index in [2.05, 4.69) is 23.6 Å². The molecule has 5 nitrogen and oxygen atoms in total. The monoisotopic (exact) mass is 334 g/mol. The summed E-state index contributed by atoms with van der Waals surface area (Å²) in [6, 6.07) is 11.9. The number of benzene rings is 1. The van der Waals surface area contributed by atoms with Crippen LogP contribution in [0.25, 0.3) is 16.9 Å². The number of amides is 1. The third-order valence-corrected chi connectivity index (χ3v) is 4.56. The van der Waals surface area contributed by atoms with E-state index >= 15 is 0 Å². The smallest absolute Gasteiger partial charge is 0.238 e. The minimum Gasteiger partial charge on any atom is -0.325 e. The first-order valence-electron chi connectivity index (χ1n) is 8.74. The van der Waals surface area contributed by atoms with Gasteiger partial charge >= 0.3 is 0 Å². The van der Waals surface area contributed by atoms with E-state index in [0.717, 1.165) is 40.6 Å². The van der Waals surface area contributed by atoms with Crippen molar-refractivity contribution in [1.82, 2.24) is 14.7 Å². The molecule has 0 unspecified atom stereocenters. The first-order chi connectivity index (χ1) is 12.2. The Hall–Kier alpha value is -2.66. The fraction of sp³-hybridized carbons (Fsp3) is 0.300. The van der Waals surface area contributed by atoms with Crippen molar-refractivity contribution in [3.8, 4) is 11.3 Å². The highest BCUT2D eigenvalue weighted by atomic mass is 16.1. The van der Waals surface area contributed by atoms with Crippen molar-refractivity contribution < 1.29 is 4.79 Å². The Kier molecular flexibility index (Phi) is 4.24. The lowest BCUT2D eigenvalue weighted by Gasteiger charge is -2.07. The highest BCUT2D eigenvalue weighted by molar-refractivity contribution is 5.92. The van der Waals surface area contributed by atoms with Gasteiger partial charge in [-0.25, -0.2) is 4.98 Å². The molecule has 3 aromatic rings. The fourth-order valence-electron chi connectivity index (χ4n) is 2.93. The van der Waals surface area contributed by atoms with Crippen LogP contribution in [0, 0.1) is 12.8 Å². The molecule has 2 aromatic heterocycles. The first kappa shape index (κ1) is 15.8. The highest BCUT2D eigenvalue weighted by Crippen LogP contribution is 2.27. The van der Waals surface area contributed by atoms with Gasteiger partial charge < -0.3 is 15.0 Å². The highest BCUT2D eigenvalue weighted by Gasteiger charge is 2.20. The van der Waals surface area contributed by atoms with Crippen LogP contribution in [0.1, 0.15) is 18.4 Å². The Morgan fingerprint density at radius 1 is 1.24 bits per heavy atom. The van der Waals surface area contributed by atoms with E-state index in [1.165, 1.54) is 12.8 Å². The van der Waals surface area contributed by atoms with Gasteiger partial charge in [0.15, 0.2) is 0 Å². The summed E-state index contributed by atoms with van der Waals surface area (Å²) < 4.78 is 2.03. The molecule has 2 N–H and O–H groups in total. The molecule has 1 amide bonds. The molecular weight excluding hydrogens is 312 g/mol. The standard InChI is InChI=1S/C20H22N4O/c1-14-3-2-10-24-13-18(23-20(14)24)16-6-8-17(9-7-16)22-19(25)12-21-11-15-4-5-15/h2-3,6-10,13,15,21H,4-5,11-12H2,1H3,(H,22,25). The van der Waals surface area contributed by atoms with Crippen LogP contribution >= 0.6 is 0 Å². The fourth-order valence-corrected chi connectivity index (χ4v) is 2.93. The molecule has 1 aliphatic rings. The van der Waals surface area contributed by atoms with E-state index in [-0.39, 0.29) is 5.91 Å². The van der Waals surface area contributed by atoms with Gasteiger partial charge in [-0.2, -0.15) is 0 Å². The molecule has 1 fully saturated rings. The van der Waals surface area contributed by atoms with Gasteiger partial charge in [-0.15, -0.1) is 0 Å². The number of fused-ring (bicyclic) bond motifs is 1. The number of nitrogens with zero attached hydrogens (tertiary/aromatic N) is 2. The van der Waals surface area contributed by atoms with Gasteiger partial charge in [0, 0.05) is 23.6 Å². The zero-order valence-corrected chi connectivity index (χ0v) is 14.3. The summed E-state index contributed by atoms with van der Waals surface area (Å²) in [6.45, 7) is 3.37. The molecule has 0 saturated heterocycles. The number of carbonyl (C=O) groups excluding carboxylic acids is 1. The predicted octanol–water partition coefficient (Wildman–Crippen LogP) is 3.25. The van der Waals surface area contributed by atoms with Crippen molar-refractivity contribution in [2.24, 2.45) is 5.92 Å². The van der Waals surface area contributed by atoms with Crippen molar-refractivity contribution >= 4 is 17.2 Å². The summed E-state index contributed by atoms with van der Waals surface area (Å²) in [7, 11) is 0. The molecule has 0 bridgehead atoms. The average molecular weight is 334 g/mol. The number of aromatic nitrogens is 2. The van der Waals surface area contributed by atoms with Crippen LogP contribution in [-0.2, 0) is 4.79 Å². The number of pyridine rings is 1. The molecule has 1 aliphatic carbocycles. The van der Waals surface area contributed by atoms with Crippen molar-refractivity contribution in [3.63, 3.8) is 0 Å². The third kappa shape index (κ3) is 3.72. The van der Waals surface area contributed by atoms with Crippen LogP contribution in [0.5, 0.6) is 0 Å². The zero-order chi connectivity index (χ0) is 17.2. The minimum atomic E-state index is -0.00300. The van der Waals surface area contributed by atoms with Gasteiger partial charge in [0.05, 0.1) is 12.2 Å². The summed E-state index contributed by atoms with van der Waals surface area (Å²) in [4.78, 5) is 16.6. The van der Waals surface area contributed by atoms with Gasteiger partial charge in [-0.1, -0.05) is 18.2 Å². The second-order valence-corrected chi connectivity index (χ2v) is 6.75. The molecule has 0 aliphatic heterocycles. The van der Waals surface area contributed by atoms with E-state index in [1.807, 2.05) is 47.1 Å². The van der Waals surface area contributed by atoms with Gasteiger partial charge in [0.25, 0.3) is 0 Å². The summed E-state index contributed by atoms with van der Waals surface area (Å²) >= 11 is 0. The lowest BCUT2D eigenvalue weighted by atomic mass is 10.1. The first-order valence-corrected chi connectivity index (χ1v) is 8.74. The number of imidazole rings is 1. The number of hydrogen-bond acceptors (Lipinski definition) is 3. The molecule has 0 radical (unpaired) electrons. The molecule has 1 aromatic carbocycles. The van der Waals surface area contributed by atoms with Crippen molar-refractivity contribution in [1.29, 1.82) is 0 Å². The van der Waals surface area contributed by atoms with Gasteiger partial charge in [0.1, 0.15) is 5.65 Å². The Morgan fingerprint density at radius 3 is 2.76 bits per heavy atom. The summed E-state index contributed by atoms with van der Waals surface area (Å²) in [5, 5.41) is 6.12. The average Bonchev–Trinajstić information content (AvgIpc) is 3.32. The lowest BCUT2D eigenvalue weighted by molar-refractivity contribution is -0.115. The van der Waals surface area contributed by atoms with Gasteiger partial charge in [-0.05, 0) is 56.0 Å². The van der Waals surface area contributed by atoms with E-state index < -0.39 is 0 Å². The SMILES string of the molecule is Cc1cccn2cc(-c3ccc(NC(=O)CNCC4CC4)cc3)nc12. The predicted molar refractivity (Wildman–Crippen MR) is 99.6 cm³/mol. The Morgan fingerprint density at radius 2 is 2.04 bits per heavy atom. The Bertz CT molecular complexity index is 894. The lowest BCUT2D eigenvalue weighted by Crippen LogP contribution is -2.29. The second-order valence-electron chi connectivity index (χ2n) is 6.75. The summed E-state index contributed by atoms with van der Waals surface area (Å²) in [5.41, 5.74) is 4.89. The topological polar surface area (TPSA) is 58.4 Å². The molecule has 4 rings (SSSR count). The zero-order valence-electron chi connectivity index (χ0n) is 14.3. The van der Waals surface area contributed by atoms with Crippen molar-refractivity contribution in [2.75, 3.05) is 18.4 Å². The van der Waals surface area contributed by atoms with E-state index in [4.69, 9.17) is 4.98 Å². The normalized spacial score (nSPS) is 14.0. The second kappa shape index (κ2) is 6.69. The molecule has 1 saturated carbocycles. The number of aryl methyl sites for hydroxylation is 1. The Balaban J connectivity index is 1.41.